The topological polar surface area (TPSA) is 162 Å². The van der Waals surface area contributed by atoms with E-state index in [1.54, 1.807) is 0 Å². The fourth-order valence-corrected chi connectivity index (χ4v) is 4.02. The van der Waals surface area contributed by atoms with Gasteiger partial charge in [0.1, 0.15) is 12.1 Å². The molecule has 216 valence electrons. The first-order valence-electron chi connectivity index (χ1n) is 13.9. The van der Waals surface area contributed by atoms with E-state index >= 15 is 0 Å². The molecule has 4 atom stereocenters. The van der Waals surface area contributed by atoms with E-state index in [1.165, 1.54) is 19.3 Å². The Morgan fingerprint density at radius 3 is 1.70 bits per heavy atom. The molecule has 0 radical (unpaired) electrons. The molecule has 0 aromatic carbocycles. The molecule has 0 aliphatic carbocycles. The zero-order valence-corrected chi connectivity index (χ0v) is 23.0. The lowest BCUT2D eigenvalue weighted by molar-refractivity contribution is -0.156. The van der Waals surface area contributed by atoms with Gasteiger partial charge < -0.3 is 30.7 Å². The van der Waals surface area contributed by atoms with E-state index < -0.39 is 49.2 Å². The SMILES string of the molecule is CCCCCCCC(C)CC(=O)NC(CO)C(=O)OC(CCCCCCC)CC(=O)NC(CO)C(=O)O. The van der Waals surface area contributed by atoms with Gasteiger partial charge in [-0.2, -0.15) is 0 Å². The molecule has 10 nitrogen and oxygen atoms in total. The molecular formula is C27H50N2O8. The van der Waals surface area contributed by atoms with Gasteiger partial charge in [-0.1, -0.05) is 85.0 Å². The van der Waals surface area contributed by atoms with Crippen LogP contribution in [-0.4, -0.2) is 70.5 Å². The van der Waals surface area contributed by atoms with Crippen molar-refractivity contribution in [2.75, 3.05) is 13.2 Å². The number of carbonyl (C=O) groups excluding carboxylic acids is 3. The first-order valence-corrected chi connectivity index (χ1v) is 13.9. The highest BCUT2D eigenvalue weighted by atomic mass is 16.5. The first kappa shape index (κ1) is 34.8. The van der Waals surface area contributed by atoms with Crippen molar-refractivity contribution in [2.45, 2.75) is 129 Å². The molecule has 0 fully saturated rings. The van der Waals surface area contributed by atoms with Crippen molar-refractivity contribution in [1.29, 1.82) is 0 Å². The number of aliphatic hydroxyl groups excluding tert-OH is 2. The Bertz CT molecular complexity index is 658. The van der Waals surface area contributed by atoms with Gasteiger partial charge >= 0.3 is 11.9 Å². The van der Waals surface area contributed by atoms with Crippen LogP contribution in [0, 0.1) is 5.92 Å². The maximum absolute atomic E-state index is 12.7. The first-order chi connectivity index (χ1) is 17.7. The molecule has 4 unspecified atom stereocenters. The molecule has 0 saturated carbocycles. The van der Waals surface area contributed by atoms with Crippen LogP contribution in [0.3, 0.4) is 0 Å². The Morgan fingerprint density at radius 2 is 1.19 bits per heavy atom. The molecule has 2 amide bonds. The van der Waals surface area contributed by atoms with Crippen LogP contribution >= 0.6 is 0 Å². The predicted molar refractivity (Wildman–Crippen MR) is 141 cm³/mol. The number of nitrogens with one attached hydrogen (secondary N) is 2. The largest absolute Gasteiger partial charge is 0.480 e. The summed E-state index contributed by atoms with van der Waals surface area (Å²) in [7, 11) is 0. The van der Waals surface area contributed by atoms with Gasteiger partial charge in [-0.05, 0) is 18.8 Å². The molecule has 0 aromatic rings. The monoisotopic (exact) mass is 530 g/mol. The van der Waals surface area contributed by atoms with Crippen molar-refractivity contribution in [2.24, 2.45) is 5.92 Å². The van der Waals surface area contributed by atoms with Crippen molar-refractivity contribution in [3.05, 3.63) is 0 Å². The fourth-order valence-electron chi connectivity index (χ4n) is 4.02. The number of carboxylic acids is 1. The highest BCUT2D eigenvalue weighted by Crippen LogP contribution is 2.16. The van der Waals surface area contributed by atoms with Crippen LogP contribution in [-0.2, 0) is 23.9 Å². The molecule has 0 bridgehead atoms. The smallest absolute Gasteiger partial charge is 0.331 e. The number of aliphatic hydroxyl groups is 2. The lowest BCUT2D eigenvalue weighted by atomic mass is 9.98. The van der Waals surface area contributed by atoms with Crippen LogP contribution in [0.5, 0.6) is 0 Å². The number of rotatable bonds is 23. The molecule has 0 spiro atoms. The van der Waals surface area contributed by atoms with Crippen molar-refractivity contribution in [3.8, 4) is 0 Å². The van der Waals surface area contributed by atoms with Gasteiger partial charge in [0.05, 0.1) is 19.6 Å². The van der Waals surface area contributed by atoms with E-state index in [-0.39, 0.29) is 24.7 Å². The van der Waals surface area contributed by atoms with Crippen LogP contribution < -0.4 is 10.6 Å². The molecule has 0 saturated heterocycles. The van der Waals surface area contributed by atoms with Gasteiger partial charge in [-0.15, -0.1) is 0 Å². The third kappa shape index (κ3) is 17.8. The predicted octanol–water partition coefficient (Wildman–Crippen LogP) is 3.07. The lowest BCUT2D eigenvalue weighted by Gasteiger charge is -2.22. The minimum atomic E-state index is -1.45. The average molecular weight is 531 g/mol. The summed E-state index contributed by atoms with van der Waals surface area (Å²) in [6, 6.07) is -2.70. The van der Waals surface area contributed by atoms with Crippen LogP contribution in [0.2, 0.25) is 0 Å². The van der Waals surface area contributed by atoms with Gasteiger partial charge in [0.25, 0.3) is 0 Å². The Balaban J connectivity index is 4.90. The Morgan fingerprint density at radius 1 is 0.703 bits per heavy atom. The number of carboxylic acid groups (broad SMARTS) is 1. The Labute approximate surface area is 221 Å². The zero-order valence-electron chi connectivity index (χ0n) is 23.0. The quantitative estimate of drug-likeness (QED) is 0.0994. The number of hydrogen-bond acceptors (Lipinski definition) is 7. The molecule has 0 rings (SSSR count). The summed E-state index contributed by atoms with van der Waals surface area (Å²) in [6.07, 6.45) is 10.8. The number of carbonyl (C=O) groups is 4. The number of aliphatic carboxylic acids is 1. The van der Waals surface area contributed by atoms with Crippen LogP contribution in [0.15, 0.2) is 0 Å². The summed E-state index contributed by atoms with van der Waals surface area (Å²) in [6.45, 7) is 4.82. The Hall–Kier alpha value is -2.20. The van der Waals surface area contributed by atoms with E-state index in [0.717, 1.165) is 44.9 Å². The summed E-state index contributed by atoms with van der Waals surface area (Å²) in [5.74, 6) is -3.10. The van der Waals surface area contributed by atoms with Crippen LogP contribution in [0.1, 0.15) is 111 Å². The fraction of sp³-hybridized carbons (Fsp3) is 0.852. The summed E-state index contributed by atoms with van der Waals surface area (Å²) in [4.78, 5) is 48.6. The van der Waals surface area contributed by atoms with E-state index in [0.29, 0.717) is 12.8 Å². The molecular weight excluding hydrogens is 480 g/mol. The number of hydrogen-bond donors (Lipinski definition) is 5. The molecule has 10 heteroatoms. The zero-order chi connectivity index (χ0) is 28.1. The van der Waals surface area contributed by atoms with Crippen molar-refractivity contribution in [1.82, 2.24) is 10.6 Å². The van der Waals surface area contributed by atoms with Crippen molar-refractivity contribution >= 4 is 23.8 Å². The second-order valence-electron chi connectivity index (χ2n) is 9.92. The molecule has 0 aliphatic rings. The average Bonchev–Trinajstić information content (AvgIpc) is 2.85. The molecule has 0 heterocycles. The number of unbranched alkanes of at least 4 members (excludes halogenated alkanes) is 8. The van der Waals surface area contributed by atoms with E-state index in [1.807, 2.05) is 6.92 Å². The van der Waals surface area contributed by atoms with E-state index in [9.17, 15) is 24.3 Å². The third-order valence-electron chi connectivity index (χ3n) is 6.28. The number of amides is 2. The molecule has 37 heavy (non-hydrogen) atoms. The number of ether oxygens (including phenoxy) is 1. The molecule has 5 N–H and O–H groups in total. The van der Waals surface area contributed by atoms with Gasteiger partial charge in [-0.3, -0.25) is 9.59 Å². The minimum absolute atomic E-state index is 0.144. The highest BCUT2D eigenvalue weighted by Gasteiger charge is 2.27. The van der Waals surface area contributed by atoms with Crippen molar-refractivity contribution in [3.63, 3.8) is 0 Å². The van der Waals surface area contributed by atoms with E-state index in [4.69, 9.17) is 14.9 Å². The van der Waals surface area contributed by atoms with Crippen molar-refractivity contribution < 1.29 is 39.2 Å². The van der Waals surface area contributed by atoms with E-state index in [2.05, 4.69) is 24.5 Å². The molecule has 0 aliphatic heterocycles. The van der Waals surface area contributed by atoms with Gasteiger partial charge in [0.15, 0.2) is 6.04 Å². The highest BCUT2D eigenvalue weighted by molar-refractivity contribution is 5.86. The summed E-state index contributed by atoms with van der Waals surface area (Å²) in [5.41, 5.74) is 0. The van der Waals surface area contributed by atoms with Gasteiger partial charge in [-0.25, -0.2) is 9.59 Å². The van der Waals surface area contributed by atoms with Crippen LogP contribution in [0.4, 0.5) is 0 Å². The summed E-state index contributed by atoms with van der Waals surface area (Å²) >= 11 is 0. The van der Waals surface area contributed by atoms with Crippen LogP contribution in [0.25, 0.3) is 0 Å². The second kappa shape index (κ2) is 21.8. The van der Waals surface area contributed by atoms with Gasteiger partial charge in [0.2, 0.25) is 11.8 Å². The third-order valence-corrected chi connectivity index (χ3v) is 6.28. The standard InChI is InChI=1S/C27H50N2O8/c1-4-6-8-10-12-14-20(3)16-24(32)29-23(19-31)27(36)37-21(15-13-11-9-7-5-2)17-25(33)28-22(18-30)26(34)35/h20-23,30-31H,4-19H2,1-3H3,(H,28,33)(H,29,32)(H,34,35). The molecule has 0 aromatic heterocycles. The summed E-state index contributed by atoms with van der Waals surface area (Å²) < 4.78 is 5.48. The van der Waals surface area contributed by atoms with Gasteiger partial charge in [0, 0.05) is 6.42 Å². The summed E-state index contributed by atoms with van der Waals surface area (Å²) in [5, 5.41) is 32.6. The minimum Gasteiger partial charge on any atom is -0.480 e. The number of esters is 1. The second-order valence-corrected chi connectivity index (χ2v) is 9.92. The normalized spacial score (nSPS) is 14.3. The maximum Gasteiger partial charge on any atom is 0.331 e. The lowest BCUT2D eigenvalue weighted by Crippen LogP contribution is -2.47. The Kier molecular flexibility index (Phi) is 20.5. The maximum atomic E-state index is 12.7.